The van der Waals surface area contributed by atoms with Crippen LogP contribution in [0.15, 0.2) is 30.3 Å². The molecule has 0 saturated carbocycles. The van der Waals surface area contributed by atoms with E-state index in [1.165, 1.54) is 4.80 Å². The van der Waals surface area contributed by atoms with Gasteiger partial charge in [-0.05, 0) is 49.2 Å². The molecule has 0 atom stereocenters. The Morgan fingerprint density at radius 2 is 1.67 bits per heavy atom. The van der Waals surface area contributed by atoms with E-state index in [2.05, 4.69) is 10.2 Å². The van der Waals surface area contributed by atoms with Gasteiger partial charge in [0.05, 0.1) is 0 Å². The van der Waals surface area contributed by atoms with Crippen LogP contribution in [-0.2, 0) is 0 Å². The number of phenolic OH excluding ortho intramolecular Hbond substituents is 1. The Balaban J connectivity index is 0.000000774. The molecular formula is C16H18ClN3O. The number of halogens is 1. The van der Waals surface area contributed by atoms with Crippen molar-refractivity contribution in [2.45, 2.75) is 27.7 Å². The molecule has 2 aromatic carbocycles. The second-order valence-electron chi connectivity index (χ2n) is 4.57. The molecule has 3 aromatic rings. The van der Waals surface area contributed by atoms with Crippen molar-refractivity contribution < 1.29 is 5.11 Å². The standard InChI is InChI=1S/C14H12ClN3O.C2H6/c1-8-5-9(2)14(19)13(6-8)18-16-11-4-3-10(15)7-12(11)17-18;1-2/h3-7,19H,1-2H3;1-2H3. The minimum atomic E-state index is 0.192. The Kier molecular flexibility index (Phi) is 4.48. The molecule has 0 aliphatic heterocycles. The van der Waals surface area contributed by atoms with E-state index >= 15 is 0 Å². The summed E-state index contributed by atoms with van der Waals surface area (Å²) < 4.78 is 0. The Morgan fingerprint density at radius 1 is 1.00 bits per heavy atom. The highest BCUT2D eigenvalue weighted by Gasteiger charge is 2.11. The average Bonchev–Trinajstić information content (AvgIpc) is 2.87. The SMILES string of the molecule is CC.Cc1cc(C)c(O)c(-n2nc3ccc(Cl)cc3n2)c1. The maximum absolute atomic E-state index is 10.1. The van der Waals surface area contributed by atoms with Crippen LogP contribution in [0, 0.1) is 13.8 Å². The summed E-state index contributed by atoms with van der Waals surface area (Å²) in [5.74, 6) is 0.192. The maximum Gasteiger partial charge on any atom is 0.146 e. The first-order valence-electron chi connectivity index (χ1n) is 6.88. The van der Waals surface area contributed by atoms with E-state index in [1.807, 2.05) is 39.8 Å². The zero-order valence-corrected chi connectivity index (χ0v) is 13.3. The molecule has 5 heteroatoms. The topological polar surface area (TPSA) is 50.9 Å². The van der Waals surface area contributed by atoms with Crippen molar-refractivity contribution in [3.05, 3.63) is 46.5 Å². The lowest BCUT2D eigenvalue weighted by Crippen LogP contribution is -2.00. The van der Waals surface area contributed by atoms with Gasteiger partial charge in [0.25, 0.3) is 0 Å². The Morgan fingerprint density at radius 3 is 2.38 bits per heavy atom. The number of rotatable bonds is 1. The molecule has 0 amide bonds. The second-order valence-corrected chi connectivity index (χ2v) is 5.01. The summed E-state index contributed by atoms with van der Waals surface area (Å²) in [5, 5.41) is 19.4. The summed E-state index contributed by atoms with van der Waals surface area (Å²) in [5.41, 5.74) is 3.86. The zero-order valence-electron chi connectivity index (χ0n) is 12.6. The monoisotopic (exact) mass is 303 g/mol. The van der Waals surface area contributed by atoms with E-state index in [-0.39, 0.29) is 5.75 Å². The number of nitrogens with zero attached hydrogens (tertiary/aromatic N) is 3. The van der Waals surface area contributed by atoms with E-state index in [9.17, 15) is 5.11 Å². The molecule has 0 bridgehead atoms. The molecule has 0 radical (unpaired) electrons. The largest absolute Gasteiger partial charge is 0.505 e. The number of phenols is 1. The van der Waals surface area contributed by atoms with Gasteiger partial charge in [0.15, 0.2) is 0 Å². The van der Waals surface area contributed by atoms with Crippen LogP contribution in [0.5, 0.6) is 5.75 Å². The Labute approximate surface area is 129 Å². The number of aromatic hydroxyl groups is 1. The second kappa shape index (κ2) is 6.14. The fourth-order valence-corrected chi connectivity index (χ4v) is 2.25. The van der Waals surface area contributed by atoms with E-state index in [0.29, 0.717) is 16.2 Å². The predicted octanol–water partition coefficient (Wildman–Crippen LogP) is 4.42. The van der Waals surface area contributed by atoms with E-state index < -0.39 is 0 Å². The molecule has 0 unspecified atom stereocenters. The quantitative estimate of drug-likeness (QED) is 0.724. The van der Waals surface area contributed by atoms with Gasteiger partial charge in [0.2, 0.25) is 0 Å². The highest BCUT2D eigenvalue weighted by molar-refractivity contribution is 6.31. The van der Waals surface area contributed by atoms with Crippen molar-refractivity contribution in [2.75, 3.05) is 0 Å². The minimum Gasteiger partial charge on any atom is -0.505 e. The van der Waals surface area contributed by atoms with Gasteiger partial charge in [0, 0.05) is 5.02 Å². The van der Waals surface area contributed by atoms with Gasteiger partial charge in [-0.2, -0.15) is 0 Å². The zero-order chi connectivity index (χ0) is 15.6. The Bertz CT molecular complexity index is 781. The van der Waals surface area contributed by atoms with Crippen molar-refractivity contribution in [3.8, 4) is 11.4 Å². The molecule has 0 spiro atoms. The third kappa shape index (κ3) is 3.00. The molecule has 0 saturated heterocycles. The first-order chi connectivity index (χ1) is 10.0. The highest BCUT2D eigenvalue weighted by atomic mass is 35.5. The van der Waals surface area contributed by atoms with Crippen molar-refractivity contribution in [2.24, 2.45) is 0 Å². The number of benzene rings is 2. The molecule has 3 rings (SSSR count). The minimum absolute atomic E-state index is 0.192. The molecular weight excluding hydrogens is 286 g/mol. The lowest BCUT2D eigenvalue weighted by Gasteiger charge is -2.07. The van der Waals surface area contributed by atoms with Crippen LogP contribution >= 0.6 is 11.6 Å². The van der Waals surface area contributed by atoms with Crippen LogP contribution in [-0.4, -0.2) is 20.1 Å². The van der Waals surface area contributed by atoms with Gasteiger partial charge in [-0.3, -0.25) is 0 Å². The molecule has 1 aromatic heterocycles. The first kappa shape index (κ1) is 15.3. The summed E-state index contributed by atoms with van der Waals surface area (Å²) in [6, 6.07) is 9.09. The first-order valence-corrected chi connectivity index (χ1v) is 7.25. The number of aryl methyl sites for hydroxylation is 2. The Hall–Kier alpha value is -2.07. The molecule has 0 aliphatic carbocycles. The van der Waals surface area contributed by atoms with Crippen molar-refractivity contribution >= 4 is 22.6 Å². The lowest BCUT2D eigenvalue weighted by atomic mass is 10.1. The maximum atomic E-state index is 10.1. The third-order valence-corrected chi connectivity index (χ3v) is 3.22. The van der Waals surface area contributed by atoms with Gasteiger partial charge in [-0.25, -0.2) is 0 Å². The van der Waals surface area contributed by atoms with Gasteiger partial charge >= 0.3 is 0 Å². The fourth-order valence-electron chi connectivity index (χ4n) is 2.09. The molecule has 110 valence electrons. The molecule has 0 fully saturated rings. The van der Waals surface area contributed by atoms with Crippen molar-refractivity contribution in [1.29, 1.82) is 0 Å². The van der Waals surface area contributed by atoms with Crippen molar-refractivity contribution in [1.82, 2.24) is 15.0 Å². The molecule has 1 heterocycles. The van der Waals surface area contributed by atoms with Crippen LogP contribution in [0.1, 0.15) is 25.0 Å². The molecule has 1 N–H and O–H groups in total. The van der Waals surface area contributed by atoms with Gasteiger partial charge < -0.3 is 5.11 Å². The van der Waals surface area contributed by atoms with E-state index in [4.69, 9.17) is 11.6 Å². The van der Waals surface area contributed by atoms with E-state index in [1.54, 1.807) is 18.2 Å². The summed E-state index contributed by atoms with van der Waals surface area (Å²) in [7, 11) is 0. The van der Waals surface area contributed by atoms with Gasteiger partial charge in [-0.1, -0.05) is 31.5 Å². The van der Waals surface area contributed by atoms with Crippen molar-refractivity contribution in [3.63, 3.8) is 0 Å². The number of hydrogen-bond donors (Lipinski definition) is 1. The van der Waals surface area contributed by atoms with Crippen LogP contribution in [0.3, 0.4) is 0 Å². The van der Waals surface area contributed by atoms with Gasteiger partial charge in [0.1, 0.15) is 22.5 Å². The van der Waals surface area contributed by atoms with E-state index in [0.717, 1.165) is 16.6 Å². The number of fused-ring (bicyclic) bond motifs is 1. The van der Waals surface area contributed by atoms with Gasteiger partial charge in [-0.15, -0.1) is 15.0 Å². The lowest BCUT2D eigenvalue weighted by molar-refractivity contribution is 0.463. The molecule has 0 aliphatic rings. The average molecular weight is 304 g/mol. The molecule has 21 heavy (non-hydrogen) atoms. The summed E-state index contributed by atoms with van der Waals surface area (Å²) in [4.78, 5) is 1.44. The highest BCUT2D eigenvalue weighted by Crippen LogP contribution is 2.27. The summed E-state index contributed by atoms with van der Waals surface area (Å²) in [6.07, 6.45) is 0. The normalized spacial score (nSPS) is 10.3. The fraction of sp³-hybridized carbons (Fsp3) is 0.250. The smallest absolute Gasteiger partial charge is 0.146 e. The summed E-state index contributed by atoms with van der Waals surface area (Å²) in [6.45, 7) is 7.82. The third-order valence-electron chi connectivity index (χ3n) is 2.98. The number of hydrogen-bond acceptors (Lipinski definition) is 3. The molecule has 4 nitrogen and oxygen atoms in total. The van der Waals surface area contributed by atoms with Crippen LogP contribution < -0.4 is 0 Å². The van der Waals surface area contributed by atoms with Crippen LogP contribution in [0.25, 0.3) is 16.7 Å². The van der Waals surface area contributed by atoms with Crippen LogP contribution in [0.4, 0.5) is 0 Å². The predicted molar refractivity (Wildman–Crippen MR) is 86.4 cm³/mol. The number of aromatic nitrogens is 3. The summed E-state index contributed by atoms with van der Waals surface area (Å²) >= 11 is 5.93. The van der Waals surface area contributed by atoms with Crippen LogP contribution in [0.2, 0.25) is 5.02 Å².